The van der Waals surface area contributed by atoms with Gasteiger partial charge in [0.1, 0.15) is 11.2 Å². The van der Waals surface area contributed by atoms with Crippen LogP contribution in [0, 0.1) is 0 Å². The molecule has 0 aliphatic rings. The van der Waals surface area contributed by atoms with Gasteiger partial charge in [-0.15, -0.1) is 0 Å². The van der Waals surface area contributed by atoms with Gasteiger partial charge in [-0.2, -0.15) is 0 Å². The minimum atomic E-state index is -0.860. The summed E-state index contributed by atoms with van der Waals surface area (Å²) in [6, 6.07) is 9.43. The molecule has 213 valence electrons. The highest BCUT2D eigenvalue weighted by Crippen LogP contribution is 2.35. The summed E-state index contributed by atoms with van der Waals surface area (Å²) in [4.78, 5) is 34.2. The van der Waals surface area contributed by atoms with E-state index in [1.165, 1.54) is 0 Å². The first-order valence-electron chi connectivity index (χ1n) is 12.9. The SMILES string of the molecule is C[Si](C)OCc1ccnc(-c2cccc(N=C(NC(=O)OC(C)(C)C)NC(=O)OC(C)(C)C)c2)c1C(C)(C)C. The number of hydrogen-bond donors (Lipinski definition) is 2. The van der Waals surface area contributed by atoms with Crippen LogP contribution in [-0.4, -0.2) is 43.4 Å². The van der Waals surface area contributed by atoms with E-state index < -0.39 is 32.4 Å². The van der Waals surface area contributed by atoms with E-state index in [4.69, 9.17) is 18.9 Å². The Hall–Kier alpha value is -3.24. The third kappa shape index (κ3) is 11.2. The smallest absolute Gasteiger partial charge is 0.414 e. The Morgan fingerprint density at radius 1 is 0.897 bits per heavy atom. The molecule has 2 aromatic rings. The summed E-state index contributed by atoms with van der Waals surface area (Å²) in [5.74, 6) is -0.123. The molecule has 39 heavy (non-hydrogen) atoms. The van der Waals surface area contributed by atoms with Gasteiger partial charge in [-0.05, 0) is 89.4 Å². The standard InChI is InChI=1S/C29H43N4O5Si/c1-27(2,3)22-20(18-36-39(10)11)15-16-30-23(22)19-13-12-14-21(17-19)31-24(32-25(34)37-28(4,5)6)33-26(35)38-29(7,8)9/h12-17H,18H2,1-11H3,(H2,31,32,33,34,35). The average Bonchev–Trinajstić information content (AvgIpc) is 2.74. The highest BCUT2D eigenvalue weighted by atomic mass is 28.3. The maximum Gasteiger partial charge on any atom is 0.414 e. The topological polar surface area (TPSA) is 111 Å². The van der Waals surface area contributed by atoms with E-state index in [1.54, 1.807) is 53.8 Å². The Morgan fingerprint density at radius 3 is 1.95 bits per heavy atom. The maximum absolute atomic E-state index is 12.5. The van der Waals surface area contributed by atoms with Crippen LogP contribution in [0.3, 0.4) is 0 Å². The van der Waals surface area contributed by atoms with Crippen LogP contribution in [0.2, 0.25) is 13.1 Å². The predicted octanol–water partition coefficient (Wildman–Crippen LogP) is 6.85. The number of nitrogens with zero attached hydrogens (tertiary/aromatic N) is 2. The number of carbonyl (C=O) groups excluding carboxylic acids is 2. The summed E-state index contributed by atoms with van der Waals surface area (Å²) in [5, 5.41) is 5.04. The van der Waals surface area contributed by atoms with Crippen molar-refractivity contribution in [2.24, 2.45) is 4.99 Å². The molecule has 1 aromatic heterocycles. The van der Waals surface area contributed by atoms with Gasteiger partial charge >= 0.3 is 12.2 Å². The molecule has 0 saturated carbocycles. The Kier molecular flexibility index (Phi) is 10.4. The van der Waals surface area contributed by atoms with Crippen LogP contribution in [0.1, 0.15) is 73.4 Å². The largest absolute Gasteiger partial charge is 0.444 e. The highest BCUT2D eigenvalue weighted by Gasteiger charge is 2.25. The van der Waals surface area contributed by atoms with E-state index in [9.17, 15) is 9.59 Å². The molecule has 9 nitrogen and oxygen atoms in total. The van der Waals surface area contributed by atoms with E-state index >= 15 is 0 Å². The number of nitrogens with one attached hydrogen (secondary N) is 2. The molecule has 0 spiro atoms. The molecule has 2 amide bonds. The van der Waals surface area contributed by atoms with E-state index in [0.29, 0.717) is 12.3 Å². The number of pyridine rings is 1. The van der Waals surface area contributed by atoms with Crippen LogP contribution in [0.25, 0.3) is 11.3 Å². The number of carbonyl (C=O) groups is 2. The molecule has 0 saturated heterocycles. The molecule has 2 rings (SSSR count). The van der Waals surface area contributed by atoms with E-state index in [-0.39, 0.29) is 11.4 Å². The van der Waals surface area contributed by atoms with Crippen molar-refractivity contribution in [3.63, 3.8) is 0 Å². The van der Waals surface area contributed by atoms with Gasteiger partial charge in [0.15, 0.2) is 0 Å². The lowest BCUT2D eigenvalue weighted by molar-refractivity contribution is 0.0545. The minimum Gasteiger partial charge on any atom is -0.444 e. The number of hydrogen-bond acceptors (Lipinski definition) is 7. The second-order valence-corrected chi connectivity index (χ2v) is 14.5. The molecular formula is C29H43N4O5Si. The van der Waals surface area contributed by atoms with E-state index in [1.807, 2.05) is 24.3 Å². The average molecular weight is 556 g/mol. The van der Waals surface area contributed by atoms with Crippen molar-refractivity contribution in [2.45, 2.75) is 98.6 Å². The zero-order chi connectivity index (χ0) is 29.6. The van der Waals surface area contributed by atoms with Crippen LogP contribution in [-0.2, 0) is 25.9 Å². The van der Waals surface area contributed by atoms with Crippen LogP contribution >= 0.6 is 0 Å². The lowest BCUT2D eigenvalue weighted by Crippen LogP contribution is -2.47. The molecule has 1 aromatic carbocycles. The molecule has 0 aliphatic carbocycles. The Morgan fingerprint density at radius 2 is 1.46 bits per heavy atom. The zero-order valence-electron chi connectivity index (χ0n) is 25.1. The van der Waals surface area contributed by atoms with Gasteiger partial charge in [0.2, 0.25) is 15.0 Å². The number of benzene rings is 1. The fraction of sp³-hybridized carbons (Fsp3) is 0.517. The molecule has 1 radical (unpaired) electrons. The van der Waals surface area contributed by atoms with Gasteiger partial charge in [0.25, 0.3) is 0 Å². The van der Waals surface area contributed by atoms with Gasteiger partial charge in [-0.3, -0.25) is 15.6 Å². The second kappa shape index (κ2) is 12.7. The number of ether oxygens (including phenoxy) is 2. The fourth-order valence-corrected chi connectivity index (χ4v) is 4.08. The quantitative estimate of drug-likeness (QED) is 0.237. The monoisotopic (exact) mass is 555 g/mol. The highest BCUT2D eigenvalue weighted by molar-refractivity contribution is 6.48. The fourth-order valence-electron chi connectivity index (χ4n) is 3.64. The van der Waals surface area contributed by atoms with Crippen LogP contribution in [0.15, 0.2) is 41.5 Å². The number of amides is 2. The van der Waals surface area contributed by atoms with Gasteiger partial charge in [-0.1, -0.05) is 32.9 Å². The van der Waals surface area contributed by atoms with Gasteiger partial charge in [0, 0.05) is 11.8 Å². The van der Waals surface area contributed by atoms with Crippen molar-refractivity contribution in [3.05, 3.63) is 47.7 Å². The molecule has 0 fully saturated rings. The number of aromatic nitrogens is 1. The Bertz CT molecular complexity index is 1160. The second-order valence-electron chi connectivity index (χ2n) is 12.4. The molecule has 0 unspecified atom stereocenters. The Balaban J connectivity index is 2.52. The lowest BCUT2D eigenvalue weighted by Gasteiger charge is -2.26. The lowest BCUT2D eigenvalue weighted by atomic mass is 9.81. The number of guanidine groups is 1. The third-order valence-electron chi connectivity index (χ3n) is 4.90. The summed E-state index contributed by atoms with van der Waals surface area (Å²) >= 11 is 0. The zero-order valence-corrected chi connectivity index (χ0v) is 26.1. The minimum absolute atomic E-state index is 0.123. The Labute approximate surface area is 234 Å². The predicted molar refractivity (Wildman–Crippen MR) is 156 cm³/mol. The summed E-state index contributed by atoms with van der Waals surface area (Å²) in [5.41, 5.74) is 2.67. The number of aliphatic imine (C=N–C) groups is 1. The van der Waals surface area contributed by atoms with Crippen LogP contribution in [0.5, 0.6) is 0 Å². The van der Waals surface area contributed by atoms with Crippen molar-refractivity contribution in [1.82, 2.24) is 15.6 Å². The summed E-state index contributed by atoms with van der Waals surface area (Å²) < 4.78 is 16.7. The van der Waals surface area contributed by atoms with Crippen LogP contribution in [0.4, 0.5) is 15.3 Å². The number of rotatable bonds is 5. The van der Waals surface area contributed by atoms with Crippen molar-refractivity contribution in [3.8, 4) is 11.3 Å². The van der Waals surface area contributed by atoms with Gasteiger partial charge < -0.3 is 13.9 Å². The van der Waals surface area contributed by atoms with Gasteiger partial charge in [0.05, 0.1) is 18.0 Å². The molecular weight excluding hydrogens is 512 g/mol. The van der Waals surface area contributed by atoms with Crippen LogP contribution < -0.4 is 10.6 Å². The molecule has 10 heteroatoms. The third-order valence-corrected chi connectivity index (χ3v) is 5.62. The first-order valence-corrected chi connectivity index (χ1v) is 15.4. The summed E-state index contributed by atoms with van der Waals surface area (Å²) in [7, 11) is -0.860. The normalized spacial score (nSPS) is 12.1. The van der Waals surface area contributed by atoms with Crippen molar-refractivity contribution in [2.75, 3.05) is 0 Å². The molecule has 0 aliphatic heterocycles. The number of alkyl carbamates (subject to hydrolysis) is 2. The summed E-state index contributed by atoms with van der Waals surface area (Å²) in [6.45, 7) is 21.7. The van der Waals surface area contributed by atoms with Gasteiger partial charge in [-0.25, -0.2) is 14.6 Å². The first kappa shape index (κ1) is 32.0. The molecule has 1 heterocycles. The maximum atomic E-state index is 12.5. The molecule has 2 N–H and O–H groups in total. The molecule has 0 atom stereocenters. The van der Waals surface area contributed by atoms with E-state index in [0.717, 1.165) is 22.4 Å². The van der Waals surface area contributed by atoms with Crippen molar-refractivity contribution >= 4 is 32.9 Å². The molecule has 0 bridgehead atoms. The first-order chi connectivity index (χ1) is 17.8. The van der Waals surface area contributed by atoms with E-state index in [2.05, 4.69) is 49.5 Å². The van der Waals surface area contributed by atoms with Crippen molar-refractivity contribution < 1.29 is 23.5 Å². The van der Waals surface area contributed by atoms with Crippen molar-refractivity contribution in [1.29, 1.82) is 0 Å². The summed E-state index contributed by atoms with van der Waals surface area (Å²) in [6.07, 6.45) is 0.271.